The lowest BCUT2D eigenvalue weighted by Gasteiger charge is -2.75. The second kappa shape index (κ2) is 4.58. The van der Waals surface area contributed by atoms with E-state index in [4.69, 9.17) is 0 Å². The maximum Gasteiger partial charge on any atom is 0.309 e. The fourth-order valence-electron chi connectivity index (χ4n) is 8.36. The number of hydrogen-bond donors (Lipinski definition) is 2. The quantitative estimate of drug-likeness (QED) is 0.735. The summed E-state index contributed by atoms with van der Waals surface area (Å²) in [6.45, 7) is 8.94. The third-order valence-corrected chi connectivity index (χ3v) is 9.96. The van der Waals surface area contributed by atoms with Gasteiger partial charge in [0.25, 0.3) is 0 Å². The molecule has 0 amide bonds. The molecule has 2 N–H and O–H groups in total. The van der Waals surface area contributed by atoms with Crippen LogP contribution in [0, 0.1) is 33.5 Å². The van der Waals surface area contributed by atoms with Crippen LogP contribution in [-0.2, 0) is 4.79 Å². The van der Waals surface area contributed by atoms with Gasteiger partial charge < -0.3 is 10.2 Å². The van der Waals surface area contributed by atoms with Crippen molar-refractivity contribution in [2.75, 3.05) is 0 Å². The summed E-state index contributed by atoms with van der Waals surface area (Å²) in [6, 6.07) is 0. The molecule has 0 aromatic heterocycles. The van der Waals surface area contributed by atoms with E-state index in [9.17, 15) is 15.0 Å². The summed E-state index contributed by atoms with van der Waals surface area (Å²) in [5.41, 5.74) is -0.618. The van der Waals surface area contributed by atoms with E-state index in [0.29, 0.717) is 5.92 Å². The molecule has 0 aliphatic heterocycles. The van der Waals surface area contributed by atoms with E-state index in [-0.39, 0.29) is 22.2 Å². The van der Waals surface area contributed by atoms with Crippen LogP contribution >= 0.6 is 0 Å². The summed E-state index contributed by atoms with van der Waals surface area (Å²) in [5, 5.41) is 21.0. The van der Waals surface area contributed by atoms with Gasteiger partial charge in [-0.3, -0.25) is 4.79 Å². The summed E-state index contributed by atoms with van der Waals surface area (Å²) in [5.74, 6) is 0.0695. The third-order valence-electron chi connectivity index (χ3n) is 9.96. The van der Waals surface area contributed by atoms with Gasteiger partial charge in [-0.25, -0.2) is 0 Å². The van der Waals surface area contributed by atoms with E-state index in [1.807, 2.05) is 6.92 Å². The maximum atomic E-state index is 12.2. The first kappa shape index (κ1) is 16.9. The highest BCUT2D eigenvalue weighted by molar-refractivity contribution is 5.75. The zero-order valence-electron chi connectivity index (χ0n) is 15.8. The van der Waals surface area contributed by atoms with Gasteiger partial charge >= 0.3 is 5.97 Å². The van der Waals surface area contributed by atoms with Crippen LogP contribution in [0.3, 0.4) is 0 Å². The van der Waals surface area contributed by atoms with Crippen LogP contribution < -0.4 is 0 Å². The summed E-state index contributed by atoms with van der Waals surface area (Å²) in [6.07, 6.45) is 9.54. The normalized spacial score (nSPS) is 59.5. The van der Waals surface area contributed by atoms with Crippen LogP contribution in [0.15, 0.2) is 0 Å². The molecule has 136 valence electrons. The Morgan fingerprint density at radius 2 is 1.67 bits per heavy atom. The predicted molar refractivity (Wildman–Crippen MR) is 93.5 cm³/mol. The van der Waals surface area contributed by atoms with E-state index in [2.05, 4.69) is 20.8 Å². The molecule has 24 heavy (non-hydrogen) atoms. The first-order valence-corrected chi connectivity index (χ1v) is 9.97. The molecule has 5 saturated carbocycles. The lowest BCUT2D eigenvalue weighted by molar-refractivity contribution is -0.280. The number of carbonyl (C=O) groups is 1. The Morgan fingerprint density at radius 1 is 1.00 bits per heavy atom. The molecule has 0 heterocycles. The highest BCUT2D eigenvalue weighted by Gasteiger charge is 2.72. The van der Waals surface area contributed by atoms with Crippen molar-refractivity contribution in [3.8, 4) is 0 Å². The van der Waals surface area contributed by atoms with E-state index in [1.54, 1.807) is 0 Å². The Hall–Kier alpha value is -0.570. The van der Waals surface area contributed by atoms with Gasteiger partial charge in [0.15, 0.2) is 0 Å². The second-order valence-corrected chi connectivity index (χ2v) is 10.7. The summed E-state index contributed by atoms with van der Waals surface area (Å²) in [4.78, 5) is 12.2. The van der Waals surface area contributed by atoms with E-state index in [0.717, 1.165) is 51.4 Å². The molecule has 3 heteroatoms. The topological polar surface area (TPSA) is 57.5 Å². The molecule has 5 rings (SSSR count). The van der Waals surface area contributed by atoms with Gasteiger partial charge in [-0.2, -0.15) is 0 Å². The Balaban J connectivity index is 1.81. The lowest BCUT2D eigenvalue weighted by atomic mass is 9.30. The highest BCUT2D eigenvalue weighted by Crippen LogP contribution is 2.78. The fraction of sp³-hybridized carbons (Fsp3) is 0.952. The molecule has 5 aliphatic carbocycles. The molecule has 5 fully saturated rings. The van der Waals surface area contributed by atoms with Crippen molar-refractivity contribution in [2.24, 2.45) is 33.5 Å². The van der Waals surface area contributed by atoms with Crippen molar-refractivity contribution in [1.29, 1.82) is 0 Å². The van der Waals surface area contributed by atoms with Gasteiger partial charge in [0.1, 0.15) is 0 Å². The van der Waals surface area contributed by atoms with Crippen LogP contribution in [0.5, 0.6) is 0 Å². The summed E-state index contributed by atoms with van der Waals surface area (Å²) in [7, 11) is 0. The van der Waals surface area contributed by atoms with E-state index < -0.39 is 17.0 Å². The predicted octanol–water partition coefficient (Wildman–Crippen LogP) is 4.63. The summed E-state index contributed by atoms with van der Waals surface area (Å²) >= 11 is 0. The number of rotatable bonds is 1. The largest absolute Gasteiger partial charge is 0.481 e. The first-order valence-electron chi connectivity index (χ1n) is 9.97. The van der Waals surface area contributed by atoms with Crippen molar-refractivity contribution < 1.29 is 15.0 Å². The number of carboxylic acids is 1. The average Bonchev–Trinajstić information content (AvgIpc) is 2.47. The van der Waals surface area contributed by atoms with E-state index >= 15 is 0 Å². The Bertz CT molecular complexity index is 584. The first-order chi connectivity index (χ1) is 11.0. The van der Waals surface area contributed by atoms with Crippen LogP contribution in [0.2, 0.25) is 0 Å². The highest BCUT2D eigenvalue weighted by atomic mass is 16.4. The number of carboxylic acid groups (broad SMARTS) is 1. The molecule has 0 radical (unpaired) electrons. The van der Waals surface area contributed by atoms with Crippen LogP contribution in [0.4, 0.5) is 0 Å². The average molecular weight is 335 g/mol. The number of hydrogen-bond acceptors (Lipinski definition) is 2. The molecule has 0 saturated heterocycles. The van der Waals surface area contributed by atoms with Crippen molar-refractivity contribution in [2.45, 2.75) is 91.1 Å². The zero-order chi connectivity index (χ0) is 17.6. The van der Waals surface area contributed by atoms with Crippen LogP contribution in [0.1, 0.15) is 85.5 Å². The molecule has 5 aliphatic rings. The minimum atomic E-state index is -0.592. The van der Waals surface area contributed by atoms with Crippen LogP contribution in [0.25, 0.3) is 0 Å². The molecule has 3 nitrogen and oxygen atoms in total. The fourth-order valence-corrected chi connectivity index (χ4v) is 8.36. The van der Waals surface area contributed by atoms with Gasteiger partial charge in [0, 0.05) is 0 Å². The standard InChI is InChI=1S/C21H34O3/c1-17(16(22)23)8-5-9-18(2)15(17)7-11-21-10-6-14(12-20(18,21)4)19(3,24)13-21/h14-15,24H,5-13H2,1-4H3,(H,22,23)/t14-,15+,17-,18+,19-,20-,21+/m0/s1. The molecule has 1 spiro atoms. The minimum absolute atomic E-state index is 0.0891. The van der Waals surface area contributed by atoms with Gasteiger partial charge in [-0.1, -0.05) is 20.3 Å². The molecule has 0 unspecified atom stereocenters. The van der Waals surface area contributed by atoms with Gasteiger partial charge in [0.05, 0.1) is 11.0 Å². The Kier molecular flexibility index (Phi) is 3.22. The van der Waals surface area contributed by atoms with Gasteiger partial charge in [-0.05, 0) is 93.3 Å². The Labute approximate surface area is 146 Å². The minimum Gasteiger partial charge on any atom is -0.481 e. The van der Waals surface area contributed by atoms with Crippen molar-refractivity contribution in [3.63, 3.8) is 0 Å². The monoisotopic (exact) mass is 334 g/mol. The van der Waals surface area contributed by atoms with Gasteiger partial charge in [-0.15, -0.1) is 0 Å². The van der Waals surface area contributed by atoms with Crippen LogP contribution in [-0.4, -0.2) is 21.8 Å². The molecular formula is C21H34O3. The SMILES string of the molecule is C[C@@]12C[C@@H]3CC[C@@]1(CC[C@@H]1[C@@](C)(C(=O)O)CCC[C@]12C)C[C@]3(C)O. The maximum absolute atomic E-state index is 12.2. The number of fused-ring (bicyclic) bond motifs is 3. The number of aliphatic hydroxyl groups is 1. The number of aliphatic carboxylic acids is 1. The van der Waals surface area contributed by atoms with Crippen molar-refractivity contribution in [1.82, 2.24) is 0 Å². The molecule has 0 aromatic rings. The van der Waals surface area contributed by atoms with E-state index in [1.165, 1.54) is 6.42 Å². The third kappa shape index (κ3) is 1.70. The lowest BCUT2D eigenvalue weighted by Crippen LogP contribution is -2.70. The molecular weight excluding hydrogens is 300 g/mol. The zero-order valence-corrected chi connectivity index (χ0v) is 15.8. The van der Waals surface area contributed by atoms with Crippen molar-refractivity contribution >= 4 is 5.97 Å². The Morgan fingerprint density at radius 3 is 2.29 bits per heavy atom. The van der Waals surface area contributed by atoms with Crippen molar-refractivity contribution in [3.05, 3.63) is 0 Å². The molecule has 0 aromatic carbocycles. The molecule has 7 atom stereocenters. The second-order valence-electron chi connectivity index (χ2n) is 10.7. The summed E-state index contributed by atoms with van der Waals surface area (Å²) < 4.78 is 0. The smallest absolute Gasteiger partial charge is 0.309 e. The molecule has 2 bridgehead atoms. The van der Waals surface area contributed by atoms with Gasteiger partial charge in [0.2, 0.25) is 0 Å².